The summed E-state index contributed by atoms with van der Waals surface area (Å²) < 4.78 is 5.20. The zero-order chi connectivity index (χ0) is 12.0. The maximum atomic E-state index is 11.2. The van der Waals surface area contributed by atoms with E-state index in [0.717, 1.165) is 0 Å². The number of nitrogens with one attached hydrogen (secondary N) is 1. The van der Waals surface area contributed by atoms with Crippen molar-refractivity contribution >= 4 is 34.7 Å². The van der Waals surface area contributed by atoms with Crippen LogP contribution in [0, 0.1) is 0 Å². The quantitative estimate of drug-likeness (QED) is 0.777. The van der Waals surface area contributed by atoms with Gasteiger partial charge in [0.1, 0.15) is 5.75 Å². The van der Waals surface area contributed by atoms with Gasteiger partial charge >= 0.3 is 0 Å². The summed E-state index contributed by atoms with van der Waals surface area (Å²) in [6.45, 7) is 0.0996. The van der Waals surface area contributed by atoms with Gasteiger partial charge in [0, 0.05) is 5.02 Å². The molecule has 16 heavy (non-hydrogen) atoms. The summed E-state index contributed by atoms with van der Waals surface area (Å²) in [7, 11) is 0. The molecule has 0 spiro atoms. The van der Waals surface area contributed by atoms with Gasteiger partial charge in [-0.25, -0.2) is 0 Å². The van der Waals surface area contributed by atoms with Crippen LogP contribution in [0.5, 0.6) is 5.75 Å². The molecule has 0 aliphatic heterocycles. The van der Waals surface area contributed by atoms with Crippen LogP contribution in [0.3, 0.4) is 0 Å². The molecule has 0 atom stereocenters. The Balaban J connectivity index is 2.31. The second kappa shape index (κ2) is 6.30. The third-order valence-electron chi connectivity index (χ3n) is 1.64. The number of rotatable bonds is 5. The molecule has 0 fully saturated rings. The summed E-state index contributed by atoms with van der Waals surface area (Å²) >= 11 is 10.3. The van der Waals surface area contributed by atoms with Gasteiger partial charge < -0.3 is 15.8 Å². The fraction of sp³-hybridized carbons (Fsp3) is 0.200. The third kappa shape index (κ3) is 4.95. The summed E-state index contributed by atoms with van der Waals surface area (Å²) in [4.78, 5) is 11.4. The van der Waals surface area contributed by atoms with Crippen LogP contribution in [0.4, 0.5) is 0 Å². The zero-order valence-corrected chi connectivity index (χ0v) is 9.98. The van der Waals surface area contributed by atoms with Gasteiger partial charge in [0.05, 0.1) is 11.5 Å². The van der Waals surface area contributed by atoms with Crippen LogP contribution >= 0.6 is 23.8 Å². The van der Waals surface area contributed by atoms with Crippen molar-refractivity contribution in [2.45, 2.75) is 0 Å². The molecule has 0 aliphatic rings. The van der Waals surface area contributed by atoms with E-state index in [1.54, 1.807) is 24.3 Å². The monoisotopic (exact) mass is 258 g/mol. The first-order chi connectivity index (χ1) is 7.58. The van der Waals surface area contributed by atoms with E-state index in [2.05, 4.69) is 17.5 Å². The number of nitrogens with two attached hydrogens (primary N) is 1. The molecule has 0 radical (unpaired) electrons. The van der Waals surface area contributed by atoms with Crippen molar-refractivity contribution in [2.75, 3.05) is 13.2 Å². The molecule has 4 nitrogen and oxygen atoms in total. The van der Waals surface area contributed by atoms with Crippen molar-refractivity contribution in [3.63, 3.8) is 0 Å². The number of hydrogen-bond acceptors (Lipinski definition) is 3. The molecule has 0 heterocycles. The fourth-order valence-corrected chi connectivity index (χ4v) is 1.11. The van der Waals surface area contributed by atoms with Gasteiger partial charge in [-0.05, 0) is 24.3 Å². The lowest BCUT2D eigenvalue weighted by molar-refractivity contribution is -0.122. The van der Waals surface area contributed by atoms with Gasteiger partial charge in [0.2, 0.25) is 0 Å². The normalized spacial score (nSPS) is 9.56. The van der Waals surface area contributed by atoms with Gasteiger partial charge in [-0.15, -0.1) is 0 Å². The van der Waals surface area contributed by atoms with E-state index in [9.17, 15) is 4.79 Å². The highest BCUT2D eigenvalue weighted by molar-refractivity contribution is 7.80. The Morgan fingerprint density at radius 3 is 2.62 bits per heavy atom. The lowest BCUT2D eigenvalue weighted by Gasteiger charge is -2.06. The molecule has 6 heteroatoms. The number of benzene rings is 1. The van der Waals surface area contributed by atoms with E-state index in [0.29, 0.717) is 10.8 Å². The summed E-state index contributed by atoms with van der Waals surface area (Å²) in [6.07, 6.45) is 0. The average molecular weight is 259 g/mol. The molecule has 0 aromatic heterocycles. The van der Waals surface area contributed by atoms with Crippen LogP contribution in [-0.4, -0.2) is 24.0 Å². The van der Waals surface area contributed by atoms with Crippen LogP contribution in [0.25, 0.3) is 0 Å². The van der Waals surface area contributed by atoms with Crippen LogP contribution in [-0.2, 0) is 4.79 Å². The maximum absolute atomic E-state index is 11.2. The summed E-state index contributed by atoms with van der Waals surface area (Å²) in [5.41, 5.74) is 5.23. The van der Waals surface area contributed by atoms with Gasteiger partial charge in [-0.3, -0.25) is 4.79 Å². The Kier molecular flexibility index (Phi) is 5.01. The minimum Gasteiger partial charge on any atom is -0.484 e. The first-order valence-corrected chi connectivity index (χ1v) is 5.30. The third-order valence-corrected chi connectivity index (χ3v) is 2.04. The highest BCUT2D eigenvalue weighted by Gasteiger charge is 2.02. The highest BCUT2D eigenvalue weighted by atomic mass is 35.5. The predicted molar refractivity (Wildman–Crippen MR) is 66.7 cm³/mol. The fourth-order valence-electron chi connectivity index (χ4n) is 0.916. The van der Waals surface area contributed by atoms with Crippen LogP contribution in [0.15, 0.2) is 24.3 Å². The predicted octanol–water partition coefficient (Wildman–Crippen LogP) is 1.12. The topological polar surface area (TPSA) is 64.3 Å². The summed E-state index contributed by atoms with van der Waals surface area (Å²) in [5.74, 6) is 0.303. The molecule has 0 saturated carbocycles. The Labute approximate surface area is 104 Å². The second-order valence-electron chi connectivity index (χ2n) is 2.99. The number of amides is 1. The molecule has 0 bridgehead atoms. The standard InChI is InChI=1S/C10H11ClN2O2S/c11-7-1-3-8(4-2-7)15-6-10(14)13-5-9(12)16/h1-4H,5-6H2,(H2,12,16)(H,13,14). The molecule has 0 unspecified atom stereocenters. The first kappa shape index (κ1) is 12.7. The second-order valence-corrected chi connectivity index (χ2v) is 3.95. The number of ether oxygens (including phenoxy) is 1. The van der Waals surface area contributed by atoms with Crippen molar-refractivity contribution in [1.29, 1.82) is 0 Å². The van der Waals surface area contributed by atoms with Crippen molar-refractivity contribution < 1.29 is 9.53 Å². The number of hydrogen-bond donors (Lipinski definition) is 2. The Morgan fingerprint density at radius 1 is 1.44 bits per heavy atom. The molecular formula is C10H11ClN2O2S. The van der Waals surface area contributed by atoms with Crippen molar-refractivity contribution in [3.05, 3.63) is 29.3 Å². The Hall–Kier alpha value is -1.33. The van der Waals surface area contributed by atoms with Crippen molar-refractivity contribution in [3.8, 4) is 5.75 Å². The summed E-state index contributed by atoms with van der Waals surface area (Å²) in [5, 5.41) is 3.12. The van der Waals surface area contributed by atoms with Gasteiger partial charge in [-0.1, -0.05) is 23.8 Å². The van der Waals surface area contributed by atoms with E-state index >= 15 is 0 Å². The number of carbonyl (C=O) groups is 1. The van der Waals surface area contributed by atoms with E-state index < -0.39 is 0 Å². The Morgan fingerprint density at radius 2 is 2.06 bits per heavy atom. The minimum absolute atomic E-state index is 0.0791. The molecule has 1 amide bonds. The van der Waals surface area contributed by atoms with E-state index in [4.69, 9.17) is 22.1 Å². The lowest BCUT2D eigenvalue weighted by atomic mass is 10.3. The van der Waals surface area contributed by atoms with E-state index in [-0.39, 0.29) is 24.0 Å². The molecule has 1 aromatic rings. The summed E-state index contributed by atoms with van der Waals surface area (Å²) in [6, 6.07) is 6.74. The largest absolute Gasteiger partial charge is 0.484 e. The smallest absolute Gasteiger partial charge is 0.258 e. The molecule has 0 saturated heterocycles. The van der Waals surface area contributed by atoms with Gasteiger partial charge in [0.25, 0.3) is 5.91 Å². The van der Waals surface area contributed by atoms with Gasteiger partial charge in [0.15, 0.2) is 6.61 Å². The molecule has 3 N–H and O–H groups in total. The molecule has 1 aromatic carbocycles. The molecule has 86 valence electrons. The van der Waals surface area contributed by atoms with Crippen LogP contribution in [0.2, 0.25) is 5.02 Å². The average Bonchev–Trinajstić information content (AvgIpc) is 2.25. The van der Waals surface area contributed by atoms with Crippen molar-refractivity contribution in [1.82, 2.24) is 5.32 Å². The molecular weight excluding hydrogens is 248 g/mol. The number of halogens is 1. The SMILES string of the molecule is NC(=S)CNC(=O)COc1ccc(Cl)cc1. The Bertz CT molecular complexity index is 381. The van der Waals surface area contributed by atoms with Crippen LogP contribution in [0.1, 0.15) is 0 Å². The number of thiocarbonyl (C=S) groups is 1. The van der Waals surface area contributed by atoms with Crippen LogP contribution < -0.4 is 15.8 Å². The molecule has 0 aliphatic carbocycles. The van der Waals surface area contributed by atoms with Gasteiger partial charge in [-0.2, -0.15) is 0 Å². The van der Waals surface area contributed by atoms with E-state index in [1.807, 2.05) is 0 Å². The minimum atomic E-state index is -0.275. The molecule has 1 rings (SSSR count). The maximum Gasteiger partial charge on any atom is 0.258 e. The highest BCUT2D eigenvalue weighted by Crippen LogP contribution is 2.15. The van der Waals surface area contributed by atoms with E-state index in [1.165, 1.54) is 0 Å². The van der Waals surface area contributed by atoms with Crippen molar-refractivity contribution in [2.24, 2.45) is 5.73 Å². The first-order valence-electron chi connectivity index (χ1n) is 4.51. The zero-order valence-electron chi connectivity index (χ0n) is 8.40. The number of carbonyl (C=O) groups excluding carboxylic acids is 1. The lowest BCUT2D eigenvalue weighted by Crippen LogP contribution is -2.35.